The van der Waals surface area contributed by atoms with Gasteiger partial charge < -0.3 is 4.74 Å². The molecule has 0 unspecified atom stereocenters. The van der Waals surface area contributed by atoms with Crippen molar-refractivity contribution in [2.45, 2.75) is 31.4 Å². The average Bonchev–Trinajstić information content (AvgIpc) is 2.46. The Labute approximate surface area is 112 Å². The molecule has 19 heavy (non-hydrogen) atoms. The maximum atomic E-state index is 11.4. The van der Waals surface area contributed by atoms with E-state index in [2.05, 4.69) is 19.1 Å². The zero-order chi connectivity index (χ0) is 13.5. The summed E-state index contributed by atoms with van der Waals surface area (Å²) in [6.45, 7) is 2.09. The second-order valence-electron chi connectivity index (χ2n) is 5.23. The van der Waals surface area contributed by atoms with Crippen LogP contribution < -0.4 is 5.06 Å². The molecule has 0 saturated carbocycles. The Kier molecular flexibility index (Phi) is 2.82. The molecule has 2 bridgehead atoms. The number of rotatable bonds is 2. The van der Waals surface area contributed by atoms with Gasteiger partial charge in [-0.15, -0.1) is 0 Å². The molecule has 2 aliphatic heterocycles. The van der Waals surface area contributed by atoms with E-state index in [1.165, 1.54) is 7.11 Å². The Morgan fingerprint density at radius 3 is 2.68 bits per heavy atom. The summed E-state index contributed by atoms with van der Waals surface area (Å²) in [5, 5.41) is 1.94. The first-order chi connectivity index (χ1) is 9.11. The molecule has 0 aromatic heterocycles. The molecule has 0 amide bonds. The number of anilines is 1. The minimum Gasteiger partial charge on any atom is -0.465 e. The van der Waals surface area contributed by atoms with Crippen LogP contribution in [0.1, 0.15) is 30.1 Å². The molecule has 2 heterocycles. The van der Waals surface area contributed by atoms with Crippen LogP contribution in [0.3, 0.4) is 0 Å². The van der Waals surface area contributed by atoms with Gasteiger partial charge in [0.1, 0.15) is 5.60 Å². The van der Waals surface area contributed by atoms with Crippen LogP contribution in [0.15, 0.2) is 36.4 Å². The number of nitrogens with zero attached hydrogens (tertiary/aromatic N) is 1. The van der Waals surface area contributed by atoms with Gasteiger partial charge in [-0.1, -0.05) is 12.2 Å². The van der Waals surface area contributed by atoms with Gasteiger partial charge in [0.15, 0.2) is 0 Å². The number of benzene rings is 1. The minimum atomic E-state index is -0.320. The van der Waals surface area contributed by atoms with Crippen LogP contribution in [0.2, 0.25) is 0 Å². The molecule has 4 rings (SSSR count). The van der Waals surface area contributed by atoms with E-state index in [1.54, 1.807) is 12.1 Å². The van der Waals surface area contributed by atoms with Gasteiger partial charge in [0.05, 0.1) is 24.4 Å². The molecule has 1 aliphatic carbocycles. The van der Waals surface area contributed by atoms with Crippen molar-refractivity contribution >= 4 is 11.7 Å². The van der Waals surface area contributed by atoms with Crippen molar-refractivity contribution in [2.24, 2.45) is 0 Å². The van der Waals surface area contributed by atoms with Crippen molar-refractivity contribution in [3.63, 3.8) is 0 Å². The van der Waals surface area contributed by atoms with E-state index in [9.17, 15) is 4.79 Å². The zero-order valence-corrected chi connectivity index (χ0v) is 11.1. The third kappa shape index (κ3) is 2.12. The lowest BCUT2D eigenvalue weighted by molar-refractivity contribution is -0.0662. The molecule has 0 radical (unpaired) electrons. The summed E-state index contributed by atoms with van der Waals surface area (Å²) in [5.41, 5.74) is 1.32. The monoisotopic (exact) mass is 259 g/mol. The highest BCUT2D eigenvalue weighted by molar-refractivity contribution is 5.89. The molecular formula is C15H17NO3. The van der Waals surface area contributed by atoms with Crippen LogP contribution in [0.4, 0.5) is 5.69 Å². The summed E-state index contributed by atoms with van der Waals surface area (Å²) in [5.74, 6) is -0.320. The standard InChI is InChI=1S/C15H17NO3/c1-15-9-7-13(8-10-15)16(19-15)12-5-3-11(4-6-12)14(17)18-2/h3-7,9,13H,8,10H2,1-2H3/t13-,15-/m1/s1. The Hall–Kier alpha value is -1.81. The van der Waals surface area contributed by atoms with Crippen molar-refractivity contribution in [2.75, 3.05) is 12.2 Å². The van der Waals surface area contributed by atoms with Gasteiger partial charge >= 0.3 is 5.97 Å². The maximum Gasteiger partial charge on any atom is 0.337 e. The number of hydrogen-bond acceptors (Lipinski definition) is 4. The Balaban J connectivity index is 1.84. The molecule has 0 N–H and O–H groups in total. The number of carbonyl (C=O) groups excluding carboxylic acids is 1. The first-order valence-corrected chi connectivity index (χ1v) is 6.47. The van der Waals surface area contributed by atoms with E-state index >= 15 is 0 Å². The van der Waals surface area contributed by atoms with Crippen molar-refractivity contribution in [3.05, 3.63) is 42.0 Å². The average molecular weight is 259 g/mol. The Bertz CT molecular complexity index is 523. The summed E-state index contributed by atoms with van der Waals surface area (Å²) in [6, 6.07) is 7.59. The fourth-order valence-corrected chi connectivity index (χ4v) is 2.60. The number of hydrogen-bond donors (Lipinski definition) is 0. The van der Waals surface area contributed by atoms with Gasteiger partial charge in [-0.05, 0) is 44.0 Å². The second-order valence-corrected chi connectivity index (χ2v) is 5.23. The van der Waals surface area contributed by atoms with Gasteiger partial charge in [-0.3, -0.25) is 4.84 Å². The molecule has 1 aromatic carbocycles. The fraction of sp³-hybridized carbons (Fsp3) is 0.400. The van der Waals surface area contributed by atoms with Gasteiger partial charge in [0.25, 0.3) is 0 Å². The lowest BCUT2D eigenvalue weighted by Crippen LogP contribution is -2.51. The van der Waals surface area contributed by atoms with Crippen LogP contribution in [0.5, 0.6) is 0 Å². The molecular weight excluding hydrogens is 242 g/mol. The van der Waals surface area contributed by atoms with Gasteiger partial charge in [-0.2, -0.15) is 0 Å². The van der Waals surface area contributed by atoms with Crippen LogP contribution in [0.25, 0.3) is 0 Å². The van der Waals surface area contributed by atoms with Crippen LogP contribution in [-0.2, 0) is 9.57 Å². The molecule has 100 valence electrons. The largest absolute Gasteiger partial charge is 0.465 e. The van der Waals surface area contributed by atoms with Crippen molar-refractivity contribution in [3.8, 4) is 0 Å². The molecule has 1 saturated heterocycles. The molecule has 1 aromatic rings. The van der Waals surface area contributed by atoms with Gasteiger partial charge in [0.2, 0.25) is 0 Å². The number of ether oxygens (including phenoxy) is 1. The predicted molar refractivity (Wildman–Crippen MR) is 71.9 cm³/mol. The van der Waals surface area contributed by atoms with Gasteiger partial charge in [0, 0.05) is 0 Å². The van der Waals surface area contributed by atoms with Gasteiger partial charge in [-0.25, -0.2) is 9.86 Å². The maximum absolute atomic E-state index is 11.4. The number of hydroxylamine groups is 1. The molecule has 0 spiro atoms. The summed E-state index contributed by atoms with van der Waals surface area (Å²) < 4.78 is 4.69. The molecule has 2 atom stereocenters. The van der Waals surface area contributed by atoms with Crippen LogP contribution in [-0.4, -0.2) is 24.7 Å². The Morgan fingerprint density at radius 2 is 2.16 bits per heavy atom. The molecule has 3 aliphatic rings. The number of esters is 1. The van der Waals surface area contributed by atoms with Crippen molar-refractivity contribution < 1.29 is 14.4 Å². The van der Waals surface area contributed by atoms with E-state index in [-0.39, 0.29) is 17.6 Å². The number of methoxy groups -OCH3 is 1. The molecule has 4 heteroatoms. The number of carbonyl (C=O) groups is 1. The third-order valence-corrected chi connectivity index (χ3v) is 3.76. The van der Waals surface area contributed by atoms with E-state index in [0.29, 0.717) is 5.56 Å². The number of fused-ring (bicyclic) bond motifs is 2. The first-order valence-electron chi connectivity index (χ1n) is 6.47. The molecule has 4 nitrogen and oxygen atoms in total. The minimum absolute atomic E-state index is 0.199. The van der Waals surface area contributed by atoms with Crippen molar-refractivity contribution in [1.29, 1.82) is 0 Å². The summed E-state index contributed by atoms with van der Waals surface area (Å²) >= 11 is 0. The second kappa shape index (κ2) is 4.38. The highest BCUT2D eigenvalue weighted by Gasteiger charge is 2.39. The quantitative estimate of drug-likeness (QED) is 0.604. The fourth-order valence-electron chi connectivity index (χ4n) is 2.60. The summed E-state index contributed by atoms with van der Waals surface area (Å²) in [4.78, 5) is 17.4. The van der Waals surface area contributed by atoms with E-state index in [1.807, 2.05) is 17.2 Å². The van der Waals surface area contributed by atoms with E-state index in [0.717, 1.165) is 18.5 Å². The van der Waals surface area contributed by atoms with Crippen LogP contribution >= 0.6 is 0 Å². The Morgan fingerprint density at radius 1 is 1.42 bits per heavy atom. The first kappa shape index (κ1) is 12.2. The van der Waals surface area contributed by atoms with E-state index in [4.69, 9.17) is 9.57 Å². The zero-order valence-electron chi connectivity index (χ0n) is 11.1. The van der Waals surface area contributed by atoms with Crippen molar-refractivity contribution in [1.82, 2.24) is 0 Å². The lowest BCUT2D eigenvalue weighted by Gasteiger charge is -2.47. The topological polar surface area (TPSA) is 38.8 Å². The van der Waals surface area contributed by atoms with Crippen LogP contribution in [0, 0.1) is 0 Å². The SMILES string of the molecule is COC(=O)c1ccc(N2O[C@]3(C)C=C[C@@H]2CC3)cc1. The highest BCUT2D eigenvalue weighted by Crippen LogP contribution is 2.38. The normalized spacial score (nSPS) is 28.5. The third-order valence-electron chi connectivity index (χ3n) is 3.76. The van der Waals surface area contributed by atoms with E-state index < -0.39 is 0 Å². The highest BCUT2D eigenvalue weighted by atomic mass is 16.7. The lowest BCUT2D eigenvalue weighted by atomic mass is 9.88. The summed E-state index contributed by atoms with van der Waals surface area (Å²) in [7, 11) is 1.38. The molecule has 1 fully saturated rings. The summed E-state index contributed by atoms with van der Waals surface area (Å²) in [6.07, 6.45) is 6.47. The predicted octanol–water partition coefficient (Wildman–Crippen LogP) is 2.70. The smallest absolute Gasteiger partial charge is 0.337 e.